The van der Waals surface area contributed by atoms with Gasteiger partial charge in [0, 0.05) is 20.6 Å². The minimum atomic E-state index is -0.343. The van der Waals surface area contributed by atoms with Crippen molar-refractivity contribution in [2.45, 2.75) is 6.61 Å². The molecule has 3 aromatic rings. The third-order valence-electron chi connectivity index (χ3n) is 4.51. The van der Waals surface area contributed by atoms with Gasteiger partial charge in [-0.2, -0.15) is 0 Å². The third-order valence-corrected chi connectivity index (χ3v) is 5.29. The van der Waals surface area contributed by atoms with Gasteiger partial charge in [-0.05, 0) is 41.5 Å². The molecule has 0 N–H and O–H groups in total. The summed E-state index contributed by atoms with van der Waals surface area (Å²) in [5, 5.41) is 0.648. The van der Waals surface area contributed by atoms with Crippen molar-refractivity contribution in [1.29, 1.82) is 0 Å². The average Bonchev–Trinajstić information content (AvgIpc) is 3.09. The minimum Gasteiger partial charge on any atom is -0.488 e. The molecule has 0 radical (unpaired) electrons. The molecule has 28 heavy (non-hydrogen) atoms. The summed E-state index contributed by atoms with van der Waals surface area (Å²) in [6.07, 6.45) is 0. The lowest BCUT2D eigenvalue weighted by atomic mass is 9.96. The van der Waals surface area contributed by atoms with Crippen LogP contribution in [0.2, 0.25) is 5.02 Å². The summed E-state index contributed by atoms with van der Waals surface area (Å²) in [6, 6.07) is 22.9. The number of carbonyl (C=O) groups is 1. The number of carbonyl (C=O) groups excluding carboxylic acids is 1. The highest BCUT2D eigenvalue weighted by atomic mass is 79.9. The second-order valence-corrected chi connectivity index (χ2v) is 7.70. The molecule has 3 aromatic carbocycles. The Bertz CT molecular complexity index is 1040. The van der Waals surface area contributed by atoms with Gasteiger partial charge in [0.25, 0.3) is 0 Å². The molecule has 0 saturated carbocycles. The highest BCUT2D eigenvalue weighted by Gasteiger charge is 2.29. The fourth-order valence-electron chi connectivity index (χ4n) is 3.10. The number of halogens is 2. The number of hydrogen-bond donors (Lipinski definition) is 0. The van der Waals surface area contributed by atoms with Gasteiger partial charge in [-0.1, -0.05) is 70.0 Å². The summed E-state index contributed by atoms with van der Waals surface area (Å²) < 4.78 is 12.4. The van der Waals surface area contributed by atoms with E-state index in [1.54, 1.807) is 12.1 Å². The van der Waals surface area contributed by atoms with Crippen LogP contribution in [0, 0.1) is 0 Å². The van der Waals surface area contributed by atoms with Gasteiger partial charge in [-0.15, -0.1) is 0 Å². The maximum atomic E-state index is 12.5. The second-order valence-electron chi connectivity index (χ2n) is 6.35. The summed E-state index contributed by atoms with van der Waals surface area (Å²) >= 11 is 9.43. The predicted octanol–water partition coefficient (Wildman–Crippen LogP) is 6.15. The molecule has 0 amide bonds. The van der Waals surface area contributed by atoms with E-state index in [-0.39, 0.29) is 12.6 Å². The van der Waals surface area contributed by atoms with Crippen LogP contribution >= 0.6 is 27.5 Å². The molecule has 0 bridgehead atoms. The molecule has 0 aromatic heterocycles. The van der Waals surface area contributed by atoms with Crippen molar-refractivity contribution in [3.05, 3.63) is 99.0 Å². The van der Waals surface area contributed by atoms with E-state index in [0.717, 1.165) is 26.7 Å². The molecule has 1 aliphatic rings. The Morgan fingerprint density at radius 2 is 1.68 bits per heavy atom. The molecule has 0 atom stereocenters. The zero-order valence-corrected chi connectivity index (χ0v) is 17.2. The Hall–Kier alpha value is -2.56. The highest BCUT2D eigenvalue weighted by Crippen LogP contribution is 2.37. The van der Waals surface area contributed by atoms with E-state index in [2.05, 4.69) is 15.9 Å². The van der Waals surface area contributed by atoms with Gasteiger partial charge in [-0.3, -0.25) is 0 Å². The van der Waals surface area contributed by atoms with E-state index in [1.807, 2.05) is 60.7 Å². The van der Waals surface area contributed by atoms with Crippen LogP contribution in [0.1, 0.15) is 16.7 Å². The first-order valence-electron chi connectivity index (χ1n) is 8.74. The zero-order valence-electron chi connectivity index (χ0n) is 14.8. The molecule has 0 fully saturated rings. The number of para-hydroxylation sites is 1. The van der Waals surface area contributed by atoms with E-state index in [9.17, 15) is 4.79 Å². The Kier molecular flexibility index (Phi) is 5.51. The van der Waals surface area contributed by atoms with E-state index in [4.69, 9.17) is 21.1 Å². The maximum Gasteiger partial charge on any atom is 0.339 e. The van der Waals surface area contributed by atoms with Crippen LogP contribution in [-0.2, 0) is 16.1 Å². The highest BCUT2D eigenvalue weighted by molar-refractivity contribution is 9.10. The molecule has 0 spiro atoms. The lowest BCUT2D eigenvalue weighted by Gasteiger charge is -2.12. The molecular formula is C23H16BrClO3. The Balaban J connectivity index is 1.69. The van der Waals surface area contributed by atoms with E-state index < -0.39 is 0 Å². The monoisotopic (exact) mass is 454 g/mol. The van der Waals surface area contributed by atoms with Gasteiger partial charge in [0.05, 0.1) is 5.57 Å². The summed E-state index contributed by atoms with van der Waals surface area (Å²) in [7, 11) is 0. The van der Waals surface area contributed by atoms with Crippen molar-refractivity contribution >= 4 is 44.6 Å². The van der Waals surface area contributed by atoms with Crippen LogP contribution in [0.5, 0.6) is 5.75 Å². The molecule has 3 nitrogen and oxygen atoms in total. The number of cyclic esters (lactones) is 1. The third kappa shape index (κ3) is 3.98. The number of esters is 1. The topological polar surface area (TPSA) is 35.5 Å². The summed E-state index contributed by atoms with van der Waals surface area (Å²) in [5.74, 6) is 0.301. The number of benzene rings is 3. The van der Waals surface area contributed by atoms with Crippen LogP contribution in [0.25, 0.3) is 11.1 Å². The van der Waals surface area contributed by atoms with Crippen molar-refractivity contribution in [2.24, 2.45) is 0 Å². The van der Waals surface area contributed by atoms with Gasteiger partial charge >= 0.3 is 5.97 Å². The predicted molar refractivity (Wildman–Crippen MR) is 114 cm³/mol. The summed E-state index contributed by atoms with van der Waals surface area (Å²) in [5.41, 5.74) is 4.05. The first-order chi connectivity index (χ1) is 13.6. The molecule has 1 heterocycles. The van der Waals surface area contributed by atoms with Crippen molar-refractivity contribution in [2.75, 3.05) is 6.61 Å². The Labute approximate surface area is 176 Å². The molecule has 0 aliphatic carbocycles. The first kappa shape index (κ1) is 18.8. The average molecular weight is 456 g/mol. The van der Waals surface area contributed by atoms with Crippen molar-refractivity contribution in [3.8, 4) is 5.75 Å². The van der Waals surface area contributed by atoms with Crippen molar-refractivity contribution in [3.63, 3.8) is 0 Å². The van der Waals surface area contributed by atoms with Crippen LogP contribution in [0.3, 0.4) is 0 Å². The van der Waals surface area contributed by atoms with E-state index in [1.165, 1.54) is 0 Å². The van der Waals surface area contributed by atoms with E-state index >= 15 is 0 Å². The summed E-state index contributed by atoms with van der Waals surface area (Å²) in [4.78, 5) is 12.5. The Morgan fingerprint density at radius 1 is 0.964 bits per heavy atom. The second kappa shape index (κ2) is 8.21. The molecule has 0 saturated heterocycles. The largest absolute Gasteiger partial charge is 0.488 e. The molecule has 1 aliphatic heterocycles. The van der Waals surface area contributed by atoms with E-state index in [0.29, 0.717) is 23.0 Å². The lowest BCUT2D eigenvalue weighted by Crippen LogP contribution is -2.03. The molecule has 5 heteroatoms. The minimum absolute atomic E-state index is 0.233. The Morgan fingerprint density at radius 3 is 2.43 bits per heavy atom. The quantitative estimate of drug-likeness (QED) is 0.433. The van der Waals surface area contributed by atoms with Crippen molar-refractivity contribution in [1.82, 2.24) is 0 Å². The summed E-state index contributed by atoms with van der Waals surface area (Å²) in [6.45, 7) is 0.639. The molecule has 0 unspecified atom stereocenters. The van der Waals surface area contributed by atoms with Crippen LogP contribution in [0.15, 0.2) is 77.3 Å². The van der Waals surface area contributed by atoms with Crippen LogP contribution < -0.4 is 4.74 Å². The lowest BCUT2D eigenvalue weighted by molar-refractivity contribution is -0.133. The standard InChI is InChI=1S/C23H16BrClO3/c24-17-9-5-15(6-10-17)13-27-21-4-2-1-3-19(21)22-20(14-28-23(22)26)16-7-11-18(25)12-8-16/h1-12H,13-14H2. The number of rotatable bonds is 5. The molecular weight excluding hydrogens is 440 g/mol. The van der Waals surface area contributed by atoms with Gasteiger partial charge in [0.2, 0.25) is 0 Å². The van der Waals surface area contributed by atoms with Gasteiger partial charge < -0.3 is 9.47 Å². The SMILES string of the molecule is O=C1OCC(c2ccc(Cl)cc2)=C1c1ccccc1OCc1ccc(Br)cc1. The van der Waals surface area contributed by atoms with Crippen LogP contribution in [-0.4, -0.2) is 12.6 Å². The number of hydrogen-bond acceptors (Lipinski definition) is 3. The normalized spacial score (nSPS) is 13.6. The fourth-order valence-corrected chi connectivity index (χ4v) is 3.49. The van der Waals surface area contributed by atoms with Crippen LogP contribution in [0.4, 0.5) is 0 Å². The fraction of sp³-hybridized carbons (Fsp3) is 0.0870. The first-order valence-corrected chi connectivity index (χ1v) is 9.92. The molecule has 140 valence electrons. The smallest absolute Gasteiger partial charge is 0.339 e. The molecule has 4 rings (SSSR count). The van der Waals surface area contributed by atoms with Crippen molar-refractivity contribution < 1.29 is 14.3 Å². The number of ether oxygens (including phenoxy) is 2. The maximum absolute atomic E-state index is 12.5. The zero-order chi connectivity index (χ0) is 19.5. The van der Waals surface area contributed by atoms with Gasteiger partial charge in [0.15, 0.2) is 0 Å². The van der Waals surface area contributed by atoms with Gasteiger partial charge in [0.1, 0.15) is 19.0 Å². The van der Waals surface area contributed by atoms with Gasteiger partial charge in [-0.25, -0.2) is 4.79 Å².